The molecule has 0 saturated heterocycles. The maximum Gasteiger partial charge on any atom is 0.338 e. The highest BCUT2D eigenvalue weighted by atomic mass is 32.2. The fourth-order valence-electron chi connectivity index (χ4n) is 0.866. The van der Waals surface area contributed by atoms with Crippen molar-refractivity contribution < 1.29 is 18.4 Å². The first-order chi connectivity index (χ1) is 5.53. The zero-order valence-electron chi connectivity index (χ0n) is 6.02. The van der Waals surface area contributed by atoms with Gasteiger partial charge in [0, 0.05) is 5.41 Å². The Morgan fingerprint density at radius 2 is 2.25 bits per heavy atom. The number of carbonyl (C=O) groups excluding carboxylic acids is 1. The Kier molecular flexibility index (Phi) is 2.34. The lowest BCUT2D eigenvalue weighted by Crippen LogP contribution is -2.41. The van der Waals surface area contributed by atoms with Gasteiger partial charge in [0.2, 0.25) is 0 Å². The number of nitrogens with one attached hydrogen (secondary N) is 2. The Hall–Kier alpha value is -1.08. The highest BCUT2D eigenvalue weighted by molar-refractivity contribution is 7.94. The number of carbonyl (C=O) groups is 1. The van der Waals surface area contributed by atoms with Crippen molar-refractivity contribution in [1.82, 2.24) is 10.8 Å². The average molecular weight is 192 g/mol. The molecule has 6 nitrogen and oxygen atoms in total. The van der Waals surface area contributed by atoms with Crippen LogP contribution in [-0.4, -0.2) is 31.5 Å². The molecule has 1 aliphatic rings. The van der Waals surface area contributed by atoms with Gasteiger partial charge < -0.3 is 5.32 Å². The van der Waals surface area contributed by atoms with Crippen LogP contribution in [0.3, 0.4) is 0 Å². The van der Waals surface area contributed by atoms with Gasteiger partial charge in [0.15, 0.2) is 9.84 Å². The van der Waals surface area contributed by atoms with Crippen LogP contribution in [0.5, 0.6) is 0 Å². The molecule has 0 fully saturated rings. The van der Waals surface area contributed by atoms with E-state index < -0.39 is 21.9 Å². The van der Waals surface area contributed by atoms with Gasteiger partial charge >= 0.3 is 6.03 Å². The Bertz CT molecular complexity index is 307. The monoisotopic (exact) mass is 192 g/mol. The van der Waals surface area contributed by atoms with Gasteiger partial charge in [0.05, 0.1) is 11.8 Å². The molecule has 0 aliphatic carbocycles. The van der Waals surface area contributed by atoms with Crippen molar-refractivity contribution in [3.8, 4) is 0 Å². The first-order valence-electron chi connectivity index (χ1n) is 3.15. The number of hydrogen-bond donors (Lipinski definition) is 3. The van der Waals surface area contributed by atoms with Crippen LogP contribution in [-0.2, 0) is 9.84 Å². The fraction of sp³-hybridized carbons (Fsp3) is 0.400. The third kappa shape index (κ3) is 2.21. The van der Waals surface area contributed by atoms with Crippen LogP contribution in [0.4, 0.5) is 4.79 Å². The summed E-state index contributed by atoms with van der Waals surface area (Å²) in [5, 5.41) is 11.3. The predicted molar refractivity (Wildman–Crippen MR) is 40.2 cm³/mol. The number of rotatable bonds is 1. The van der Waals surface area contributed by atoms with Crippen molar-refractivity contribution in [2.24, 2.45) is 0 Å². The molecule has 2 amide bonds. The lowest BCUT2D eigenvalue weighted by molar-refractivity contribution is 0.161. The van der Waals surface area contributed by atoms with Gasteiger partial charge in [-0.3, -0.25) is 5.21 Å². The Morgan fingerprint density at radius 3 is 2.67 bits per heavy atom. The minimum absolute atomic E-state index is 0.152. The summed E-state index contributed by atoms with van der Waals surface area (Å²) in [5.41, 5.74) is 1.34. The number of amides is 2. The van der Waals surface area contributed by atoms with Crippen molar-refractivity contribution in [2.45, 2.75) is 6.04 Å². The zero-order chi connectivity index (χ0) is 9.19. The number of hydroxylamine groups is 1. The number of hydrogen-bond acceptors (Lipinski definition) is 4. The van der Waals surface area contributed by atoms with Gasteiger partial charge in [-0.25, -0.2) is 18.7 Å². The minimum Gasteiger partial charge on any atom is -0.329 e. The molecule has 0 radical (unpaired) electrons. The second kappa shape index (κ2) is 3.11. The molecule has 0 aromatic heterocycles. The maximum atomic E-state index is 10.8. The molecule has 7 heteroatoms. The second-order valence-electron chi connectivity index (χ2n) is 2.35. The lowest BCUT2D eigenvalue weighted by atomic mass is 10.3. The molecule has 0 spiro atoms. The maximum absolute atomic E-state index is 10.8. The molecule has 0 saturated carbocycles. The van der Waals surface area contributed by atoms with Gasteiger partial charge in [0.25, 0.3) is 0 Å². The molecule has 1 heterocycles. The van der Waals surface area contributed by atoms with Crippen LogP contribution in [0.15, 0.2) is 11.5 Å². The highest BCUT2D eigenvalue weighted by Gasteiger charge is 2.22. The average Bonchev–Trinajstić information content (AvgIpc) is 2.30. The summed E-state index contributed by atoms with van der Waals surface area (Å²) in [7, 11) is -3.15. The van der Waals surface area contributed by atoms with Crippen LogP contribution in [0.25, 0.3) is 0 Å². The molecular weight excluding hydrogens is 184 g/mol. The van der Waals surface area contributed by atoms with E-state index in [2.05, 4.69) is 5.32 Å². The summed E-state index contributed by atoms with van der Waals surface area (Å²) >= 11 is 0. The van der Waals surface area contributed by atoms with E-state index in [1.54, 1.807) is 0 Å². The van der Waals surface area contributed by atoms with E-state index in [1.165, 1.54) is 11.6 Å². The van der Waals surface area contributed by atoms with Gasteiger partial charge in [-0.1, -0.05) is 0 Å². The van der Waals surface area contributed by atoms with Crippen molar-refractivity contribution in [2.75, 3.05) is 5.75 Å². The first-order valence-corrected chi connectivity index (χ1v) is 4.86. The molecule has 1 aliphatic heterocycles. The Balaban J connectivity index is 2.51. The van der Waals surface area contributed by atoms with Crippen LogP contribution in [0.2, 0.25) is 0 Å². The third-order valence-corrected chi connectivity index (χ3v) is 2.74. The summed E-state index contributed by atoms with van der Waals surface area (Å²) < 4.78 is 21.6. The van der Waals surface area contributed by atoms with Crippen LogP contribution in [0.1, 0.15) is 0 Å². The first kappa shape index (κ1) is 9.01. The van der Waals surface area contributed by atoms with Crippen molar-refractivity contribution in [1.29, 1.82) is 0 Å². The molecular formula is C5H8N2O4S. The number of urea groups is 1. The summed E-state index contributed by atoms with van der Waals surface area (Å²) in [4.78, 5) is 10.5. The zero-order valence-corrected chi connectivity index (χ0v) is 6.84. The Labute approximate surface area is 69.1 Å². The normalized spacial score (nSPS) is 25.2. The molecule has 0 aromatic rings. The van der Waals surface area contributed by atoms with E-state index in [1.807, 2.05) is 0 Å². The second-order valence-corrected chi connectivity index (χ2v) is 4.28. The predicted octanol–water partition coefficient (Wildman–Crippen LogP) is -1.01. The SMILES string of the molecule is O=C(NO)NC1C=CS(=O)(=O)C1. The summed E-state index contributed by atoms with van der Waals surface area (Å²) in [6, 6.07) is -1.37. The molecule has 1 unspecified atom stereocenters. The van der Waals surface area contributed by atoms with E-state index in [0.29, 0.717) is 0 Å². The van der Waals surface area contributed by atoms with Crippen molar-refractivity contribution in [3.63, 3.8) is 0 Å². The molecule has 0 aromatic carbocycles. The lowest BCUT2D eigenvalue weighted by Gasteiger charge is -2.07. The van der Waals surface area contributed by atoms with Crippen LogP contribution < -0.4 is 10.8 Å². The largest absolute Gasteiger partial charge is 0.338 e. The molecule has 1 rings (SSSR count). The van der Waals surface area contributed by atoms with E-state index in [9.17, 15) is 13.2 Å². The minimum atomic E-state index is -3.15. The summed E-state index contributed by atoms with van der Waals surface area (Å²) in [6.07, 6.45) is 1.35. The van der Waals surface area contributed by atoms with Crippen molar-refractivity contribution in [3.05, 3.63) is 11.5 Å². The van der Waals surface area contributed by atoms with E-state index in [4.69, 9.17) is 5.21 Å². The van der Waals surface area contributed by atoms with E-state index in [0.717, 1.165) is 5.41 Å². The molecule has 3 N–H and O–H groups in total. The summed E-state index contributed by atoms with van der Waals surface area (Å²) in [5.74, 6) is -0.152. The third-order valence-electron chi connectivity index (χ3n) is 1.35. The fourth-order valence-corrected chi connectivity index (χ4v) is 2.10. The summed E-state index contributed by atoms with van der Waals surface area (Å²) in [6.45, 7) is 0. The molecule has 1 atom stereocenters. The van der Waals surface area contributed by atoms with Gasteiger partial charge in [-0.05, 0) is 6.08 Å². The van der Waals surface area contributed by atoms with Gasteiger partial charge in [-0.2, -0.15) is 0 Å². The quantitative estimate of drug-likeness (QED) is 0.366. The standard InChI is InChI=1S/C5H8N2O4S/c8-5(7-9)6-4-1-2-12(10,11)3-4/h1-2,4,9H,3H2,(H2,6,7,8). The van der Waals surface area contributed by atoms with Gasteiger partial charge in [-0.15, -0.1) is 0 Å². The van der Waals surface area contributed by atoms with Crippen LogP contribution in [0, 0.1) is 0 Å². The smallest absolute Gasteiger partial charge is 0.329 e. The molecule has 12 heavy (non-hydrogen) atoms. The molecule has 68 valence electrons. The van der Waals surface area contributed by atoms with E-state index in [-0.39, 0.29) is 5.75 Å². The highest BCUT2D eigenvalue weighted by Crippen LogP contribution is 2.07. The van der Waals surface area contributed by atoms with Gasteiger partial charge in [0.1, 0.15) is 0 Å². The van der Waals surface area contributed by atoms with Crippen LogP contribution >= 0.6 is 0 Å². The molecule has 0 bridgehead atoms. The topological polar surface area (TPSA) is 95.5 Å². The van der Waals surface area contributed by atoms with Crippen molar-refractivity contribution >= 4 is 15.9 Å². The van der Waals surface area contributed by atoms with E-state index >= 15 is 0 Å². The Morgan fingerprint density at radius 1 is 1.58 bits per heavy atom. The number of sulfone groups is 1.